The van der Waals surface area contributed by atoms with E-state index in [1.165, 1.54) is 21.6 Å². The van der Waals surface area contributed by atoms with Gasteiger partial charge in [-0.3, -0.25) is 0 Å². The van der Waals surface area contributed by atoms with Gasteiger partial charge in [-0.15, -0.1) is 22.7 Å². The van der Waals surface area contributed by atoms with Crippen molar-refractivity contribution in [1.29, 1.82) is 0 Å². The maximum Gasteiger partial charge on any atom is 0.207 e. The molecule has 1 aliphatic rings. The quantitative estimate of drug-likeness (QED) is 0.365. The lowest BCUT2D eigenvalue weighted by molar-refractivity contribution is 0.706. The average molecular weight is 416 g/mol. The molecule has 0 amide bonds. The van der Waals surface area contributed by atoms with Crippen LogP contribution in [0.2, 0.25) is 0 Å². The van der Waals surface area contributed by atoms with Gasteiger partial charge in [0, 0.05) is 17.4 Å². The molecule has 0 bridgehead atoms. The summed E-state index contributed by atoms with van der Waals surface area (Å²) in [6, 6.07) is 21.7. The van der Waals surface area contributed by atoms with Crippen LogP contribution in [0.15, 0.2) is 76.5 Å². The number of hydrogen-bond acceptors (Lipinski definition) is 5. The van der Waals surface area contributed by atoms with Gasteiger partial charge in [0.15, 0.2) is 0 Å². The molecule has 144 valence electrons. The van der Waals surface area contributed by atoms with Crippen molar-refractivity contribution >= 4 is 33.5 Å². The van der Waals surface area contributed by atoms with Crippen LogP contribution in [0.25, 0.3) is 11.3 Å². The Morgan fingerprint density at radius 3 is 2.31 bits per heavy atom. The second-order valence-corrected chi connectivity index (χ2v) is 9.16. The van der Waals surface area contributed by atoms with Crippen LogP contribution in [0, 0.1) is 13.8 Å². The monoisotopic (exact) mass is 415 g/mol. The van der Waals surface area contributed by atoms with Crippen LogP contribution in [0.4, 0.5) is 5.13 Å². The van der Waals surface area contributed by atoms with E-state index in [0.29, 0.717) is 0 Å². The molecule has 0 N–H and O–H groups in total. The molecule has 1 atom stereocenters. The normalized spacial score (nSPS) is 16.3. The molecule has 1 aliphatic heterocycles. The molecule has 0 fully saturated rings. The highest BCUT2D eigenvalue weighted by atomic mass is 32.1. The van der Waals surface area contributed by atoms with Crippen molar-refractivity contribution in [3.05, 3.63) is 93.0 Å². The Bertz CT molecular complexity index is 1140. The molecule has 0 aliphatic carbocycles. The van der Waals surface area contributed by atoms with Gasteiger partial charge in [-0.1, -0.05) is 65.7 Å². The van der Waals surface area contributed by atoms with E-state index < -0.39 is 0 Å². The van der Waals surface area contributed by atoms with Gasteiger partial charge in [-0.05, 0) is 30.9 Å². The number of anilines is 1. The molecule has 3 nitrogen and oxygen atoms in total. The van der Waals surface area contributed by atoms with Crippen LogP contribution >= 0.6 is 22.7 Å². The van der Waals surface area contributed by atoms with Gasteiger partial charge in [0.25, 0.3) is 0 Å². The molecule has 0 saturated carbocycles. The summed E-state index contributed by atoms with van der Waals surface area (Å²) in [5.74, 6) is 0. The Morgan fingerprint density at radius 1 is 0.897 bits per heavy atom. The third-order valence-corrected chi connectivity index (χ3v) is 6.96. The topological polar surface area (TPSA) is 28.5 Å². The molecule has 5 heteroatoms. The van der Waals surface area contributed by atoms with E-state index in [1.807, 2.05) is 0 Å². The molecule has 4 aromatic rings. The third kappa shape index (κ3) is 3.63. The summed E-state index contributed by atoms with van der Waals surface area (Å²) in [5, 5.41) is 12.3. The Labute approximate surface area is 179 Å². The summed E-state index contributed by atoms with van der Waals surface area (Å²) in [5.41, 5.74) is 7.09. The van der Waals surface area contributed by atoms with Crippen molar-refractivity contribution in [2.24, 2.45) is 5.10 Å². The SMILES string of the molecule is Cc1ccc(-c2csc(N3N=C(c4cccs4)C[C@H]3c3ccc(C)cc3)n2)cc1. The summed E-state index contributed by atoms with van der Waals surface area (Å²) < 4.78 is 0. The van der Waals surface area contributed by atoms with Crippen molar-refractivity contribution in [2.75, 3.05) is 5.01 Å². The van der Waals surface area contributed by atoms with Gasteiger partial charge in [0.1, 0.15) is 0 Å². The van der Waals surface area contributed by atoms with Crippen LogP contribution in [0.5, 0.6) is 0 Å². The minimum atomic E-state index is 0.171. The molecular formula is C24H21N3S2. The number of aromatic nitrogens is 1. The summed E-state index contributed by atoms with van der Waals surface area (Å²) in [6.07, 6.45) is 0.892. The second-order valence-electron chi connectivity index (χ2n) is 7.38. The van der Waals surface area contributed by atoms with Gasteiger partial charge in [-0.25, -0.2) is 9.99 Å². The summed E-state index contributed by atoms with van der Waals surface area (Å²) in [7, 11) is 0. The molecule has 2 aromatic heterocycles. The van der Waals surface area contributed by atoms with Crippen LogP contribution in [-0.4, -0.2) is 10.7 Å². The van der Waals surface area contributed by atoms with Crippen molar-refractivity contribution in [3.63, 3.8) is 0 Å². The molecule has 3 heterocycles. The summed E-state index contributed by atoms with van der Waals surface area (Å²) >= 11 is 3.40. The lowest BCUT2D eigenvalue weighted by Gasteiger charge is -2.21. The second kappa shape index (κ2) is 7.58. The van der Waals surface area contributed by atoms with Gasteiger partial charge in [0.05, 0.1) is 22.3 Å². The molecule has 2 aromatic carbocycles. The maximum absolute atomic E-state index is 5.01. The van der Waals surface area contributed by atoms with Crippen LogP contribution < -0.4 is 5.01 Å². The van der Waals surface area contributed by atoms with Gasteiger partial charge in [0.2, 0.25) is 5.13 Å². The number of hydrazone groups is 1. The van der Waals surface area contributed by atoms with Crippen molar-refractivity contribution < 1.29 is 0 Å². The number of benzene rings is 2. The highest BCUT2D eigenvalue weighted by Gasteiger charge is 2.32. The Hall–Kier alpha value is -2.76. The molecule has 29 heavy (non-hydrogen) atoms. The summed E-state index contributed by atoms with van der Waals surface area (Å²) in [6.45, 7) is 4.23. The largest absolute Gasteiger partial charge is 0.231 e. The van der Waals surface area contributed by atoms with Crippen LogP contribution in [0.1, 0.15) is 34.0 Å². The minimum absolute atomic E-state index is 0.171. The highest BCUT2D eigenvalue weighted by molar-refractivity contribution is 7.14. The Balaban J connectivity index is 1.52. The zero-order valence-corrected chi connectivity index (χ0v) is 18.0. The Morgan fingerprint density at radius 2 is 1.62 bits per heavy atom. The van der Waals surface area contributed by atoms with Gasteiger partial charge < -0.3 is 0 Å². The molecule has 0 saturated heterocycles. The van der Waals surface area contributed by atoms with E-state index in [9.17, 15) is 0 Å². The fourth-order valence-electron chi connectivity index (χ4n) is 3.55. The average Bonchev–Trinajstić information content (AvgIpc) is 3.48. The lowest BCUT2D eigenvalue weighted by Crippen LogP contribution is -2.18. The number of thiophene rings is 1. The molecule has 0 radical (unpaired) electrons. The smallest absolute Gasteiger partial charge is 0.207 e. The first-order chi connectivity index (χ1) is 14.2. The number of rotatable bonds is 4. The predicted octanol–water partition coefficient (Wildman–Crippen LogP) is 6.84. The first-order valence-corrected chi connectivity index (χ1v) is 11.4. The van der Waals surface area contributed by atoms with E-state index in [0.717, 1.165) is 28.5 Å². The fraction of sp³-hybridized carbons (Fsp3) is 0.167. The van der Waals surface area contributed by atoms with E-state index in [4.69, 9.17) is 10.1 Å². The molecular weight excluding hydrogens is 394 g/mol. The van der Waals surface area contributed by atoms with Crippen molar-refractivity contribution in [1.82, 2.24) is 4.98 Å². The first kappa shape index (κ1) is 18.3. The number of aryl methyl sites for hydroxylation is 2. The van der Waals surface area contributed by atoms with Gasteiger partial charge in [-0.2, -0.15) is 5.10 Å². The van der Waals surface area contributed by atoms with Crippen molar-refractivity contribution in [2.45, 2.75) is 26.3 Å². The molecule has 0 spiro atoms. The third-order valence-electron chi connectivity index (χ3n) is 5.21. The minimum Gasteiger partial charge on any atom is -0.231 e. The molecule has 5 rings (SSSR count). The van der Waals surface area contributed by atoms with E-state index >= 15 is 0 Å². The summed E-state index contributed by atoms with van der Waals surface area (Å²) in [4.78, 5) is 6.18. The zero-order chi connectivity index (χ0) is 19.8. The standard InChI is InChI=1S/C24H21N3S2/c1-16-5-9-18(10-6-16)21-15-29-24(25-21)27-22(19-11-7-17(2)8-12-19)14-20(26-27)23-4-3-13-28-23/h3-13,15,22H,14H2,1-2H3/t22-/m0/s1. The molecule has 0 unspecified atom stereocenters. The predicted molar refractivity (Wildman–Crippen MR) is 124 cm³/mol. The van der Waals surface area contributed by atoms with Crippen LogP contribution in [-0.2, 0) is 0 Å². The van der Waals surface area contributed by atoms with E-state index in [1.54, 1.807) is 22.7 Å². The van der Waals surface area contributed by atoms with Crippen LogP contribution in [0.3, 0.4) is 0 Å². The number of nitrogens with zero attached hydrogens (tertiary/aromatic N) is 3. The van der Waals surface area contributed by atoms with Gasteiger partial charge >= 0.3 is 0 Å². The maximum atomic E-state index is 5.01. The number of hydrogen-bond donors (Lipinski definition) is 0. The number of thiazole rings is 1. The van der Waals surface area contributed by atoms with Crippen molar-refractivity contribution in [3.8, 4) is 11.3 Å². The Kier molecular flexibility index (Phi) is 4.78. The van der Waals surface area contributed by atoms with E-state index in [-0.39, 0.29) is 6.04 Å². The fourth-order valence-corrected chi connectivity index (χ4v) is 5.11. The highest BCUT2D eigenvalue weighted by Crippen LogP contribution is 2.39. The van der Waals surface area contributed by atoms with E-state index in [2.05, 4.69) is 90.3 Å². The zero-order valence-electron chi connectivity index (χ0n) is 16.4. The first-order valence-electron chi connectivity index (χ1n) is 9.67. The lowest BCUT2D eigenvalue weighted by atomic mass is 10.0.